The molecule has 1 aromatic carbocycles. The fraction of sp³-hybridized carbons (Fsp3) is 0.154. The van der Waals surface area contributed by atoms with Crippen molar-refractivity contribution in [1.82, 2.24) is 0 Å². The molecule has 2 rings (SSSR count). The minimum atomic E-state index is 0.716. The van der Waals surface area contributed by atoms with Crippen LogP contribution in [0.15, 0.2) is 30.3 Å². The Morgan fingerprint density at radius 3 is 2.50 bits per heavy atom. The highest BCUT2D eigenvalue weighted by atomic mass is 32.1. The van der Waals surface area contributed by atoms with Gasteiger partial charge >= 0.3 is 0 Å². The summed E-state index contributed by atoms with van der Waals surface area (Å²) in [4.78, 5) is 0.998. The lowest BCUT2D eigenvalue weighted by Gasteiger charge is -2.02. The van der Waals surface area contributed by atoms with Crippen molar-refractivity contribution < 1.29 is 4.74 Å². The lowest BCUT2D eigenvalue weighted by atomic mass is 10.0. The smallest absolute Gasteiger partial charge is 0.182 e. The second-order valence-corrected chi connectivity index (χ2v) is 4.56. The molecule has 2 aromatic rings. The first-order chi connectivity index (χ1) is 7.77. The second-order valence-electron chi connectivity index (χ2n) is 3.38. The van der Waals surface area contributed by atoms with Crippen molar-refractivity contribution in [2.75, 3.05) is 7.11 Å². The highest BCUT2D eigenvalue weighted by Crippen LogP contribution is 2.41. The summed E-state index contributed by atoms with van der Waals surface area (Å²) in [5.74, 6) is 0. The van der Waals surface area contributed by atoms with E-state index >= 15 is 0 Å². The molecule has 0 atom stereocenters. The molecule has 0 N–H and O–H groups in total. The third-order valence-electron chi connectivity index (χ3n) is 2.41. The number of hydrogen-bond acceptors (Lipinski definition) is 3. The number of nitrogens with zero attached hydrogens (tertiary/aromatic N) is 1. The van der Waals surface area contributed by atoms with Crippen LogP contribution in [0.3, 0.4) is 0 Å². The molecule has 0 aliphatic heterocycles. The molecule has 2 nitrogen and oxygen atoms in total. The van der Waals surface area contributed by atoms with Crippen LogP contribution in [-0.2, 0) is 0 Å². The largest absolute Gasteiger partial charge is 0.487 e. The number of thiophene rings is 1. The number of ether oxygens (including phenoxy) is 1. The van der Waals surface area contributed by atoms with Gasteiger partial charge in [-0.1, -0.05) is 30.3 Å². The van der Waals surface area contributed by atoms with E-state index in [0.29, 0.717) is 5.56 Å². The maximum absolute atomic E-state index is 9.17. The first-order valence-corrected chi connectivity index (χ1v) is 5.72. The van der Waals surface area contributed by atoms with E-state index in [2.05, 4.69) is 6.07 Å². The third kappa shape index (κ3) is 1.68. The van der Waals surface area contributed by atoms with Gasteiger partial charge in [0.15, 0.2) is 5.06 Å². The van der Waals surface area contributed by atoms with E-state index in [0.717, 1.165) is 21.1 Å². The monoisotopic (exact) mass is 229 g/mol. The van der Waals surface area contributed by atoms with Gasteiger partial charge in [-0.2, -0.15) is 5.26 Å². The first kappa shape index (κ1) is 10.7. The number of benzene rings is 1. The maximum Gasteiger partial charge on any atom is 0.182 e. The maximum atomic E-state index is 9.17. The SMILES string of the molecule is COc1sc(C)c(C#N)c1-c1ccccc1. The van der Waals surface area contributed by atoms with Crippen molar-refractivity contribution in [2.24, 2.45) is 0 Å². The van der Waals surface area contributed by atoms with Gasteiger partial charge < -0.3 is 4.74 Å². The average Bonchev–Trinajstić information content (AvgIpc) is 2.66. The van der Waals surface area contributed by atoms with Crippen molar-refractivity contribution in [3.63, 3.8) is 0 Å². The molecule has 0 fully saturated rings. The van der Waals surface area contributed by atoms with Crippen LogP contribution in [0.4, 0.5) is 0 Å². The lowest BCUT2D eigenvalue weighted by molar-refractivity contribution is 0.428. The number of nitriles is 1. The Hall–Kier alpha value is -1.79. The van der Waals surface area contributed by atoms with Crippen molar-refractivity contribution in [1.29, 1.82) is 5.26 Å². The Bertz CT molecular complexity index is 537. The van der Waals surface area contributed by atoms with E-state index in [9.17, 15) is 5.26 Å². The van der Waals surface area contributed by atoms with Gasteiger partial charge in [0.2, 0.25) is 0 Å². The molecule has 0 saturated carbocycles. The molecular weight excluding hydrogens is 218 g/mol. The molecule has 0 aliphatic rings. The average molecular weight is 229 g/mol. The van der Waals surface area contributed by atoms with Crippen LogP contribution < -0.4 is 4.74 Å². The molecule has 0 amide bonds. The van der Waals surface area contributed by atoms with Gasteiger partial charge in [-0.25, -0.2) is 0 Å². The van der Waals surface area contributed by atoms with Crippen LogP contribution in [0, 0.1) is 18.3 Å². The van der Waals surface area contributed by atoms with Crippen LogP contribution in [0.25, 0.3) is 11.1 Å². The molecule has 0 radical (unpaired) electrons. The van der Waals surface area contributed by atoms with Gasteiger partial charge in [0.1, 0.15) is 6.07 Å². The van der Waals surface area contributed by atoms with Gasteiger partial charge in [-0.05, 0) is 12.5 Å². The fourth-order valence-corrected chi connectivity index (χ4v) is 2.60. The van der Waals surface area contributed by atoms with Gasteiger partial charge in [-0.15, -0.1) is 11.3 Å². The van der Waals surface area contributed by atoms with E-state index in [1.165, 1.54) is 11.3 Å². The third-order valence-corrected chi connectivity index (χ3v) is 3.48. The number of aryl methyl sites for hydroxylation is 1. The number of methoxy groups -OCH3 is 1. The van der Waals surface area contributed by atoms with Crippen molar-refractivity contribution in [3.8, 4) is 22.3 Å². The highest BCUT2D eigenvalue weighted by molar-refractivity contribution is 7.14. The molecule has 0 unspecified atom stereocenters. The molecule has 16 heavy (non-hydrogen) atoms. The van der Waals surface area contributed by atoms with Crippen LogP contribution in [0.1, 0.15) is 10.4 Å². The Balaban J connectivity index is 2.68. The van der Waals surface area contributed by atoms with E-state index in [-0.39, 0.29) is 0 Å². The highest BCUT2D eigenvalue weighted by Gasteiger charge is 2.17. The summed E-state index contributed by atoms with van der Waals surface area (Å²) in [6, 6.07) is 12.1. The summed E-state index contributed by atoms with van der Waals surface area (Å²) in [7, 11) is 1.64. The molecule has 1 heterocycles. The Kier molecular flexibility index (Phi) is 2.93. The summed E-state index contributed by atoms with van der Waals surface area (Å²) in [6.45, 7) is 1.94. The van der Waals surface area contributed by atoms with E-state index < -0.39 is 0 Å². The summed E-state index contributed by atoms with van der Waals surface area (Å²) in [6.07, 6.45) is 0. The Morgan fingerprint density at radius 1 is 1.25 bits per heavy atom. The Morgan fingerprint density at radius 2 is 1.94 bits per heavy atom. The molecule has 0 saturated heterocycles. The number of hydrogen-bond donors (Lipinski definition) is 0. The molecule has 0 aliphatic carbocycles. The van der Waals surface area contributed by atoms with Gasteiger partial charge in [0.05, 0.1) is 18.2 Å². The fourth-order valence-electron chi connectivity index (χ4n) is 1.66. The molecule has 80 valence electrons. The normalized spacial score (nSPS) is 9.81. The molecule has 0 spiro atoms. The van der Waals surface area contributed by atoms with E-state index in [4.69, 9.17) is 4.74 Å². The number of rotatable bonds is 2. The summed E-state index contributed by atoms with van der Waals surface area (Å²) >= 11 is 1.52. The summed E-state index contributed by atoms with van der Waals surface area (Å²) < 4.78 is 5.33. The lowest BCUT2D eigenvalue weighted by Crippen LogP contribution is -1.85. The van der Waals surface area contributed by atoms with Crippen molar-refractivity contribution >= 4 is 11.3 Å². The van der Waals surface area contributed by atoms with Crippen molar-refractivity contribution in [2.45, 2.75) is 6.92 Å². The minimum Gasteiger partial charge on any atom is -0.487 e. The van der Waals surface area contributed by atoms with Crippen LogP contribution in [0.5, 0.6) is 5.06 Å². The quantitative estimate of drug-likeness (QED) is 0.788. The van der Waals surface area contributed by atoms with Crippen LogP contribution >= 0.6 is 11.3 Å². The predicted octanol–water partition coefficient (Wildman–Crippen LogP) is 3.60. The zero-order chi connectivity index (χ0) is 11.5. The predicted molar refractivity (Wildman–Crippen MR) is 65.8 cm³/mol. The molecule has 0 bridgehead atoms. The van der Waals surface area contributed by atoms with Crippen molar-refractivity contribution in [3.05, 3.63) is 40.8 Å². The topological polar surface area (TPSA) is 33.0 Å². The Labute approximate surface area is 98.7 Å². The zero-order valence-corrected chi connectivity index (χ0v) is 9.97. The van der Waals surface area contributed by atoms with Gasteiger partial charge in [-0.3, -0.25) is 0 Å². The van der Waals surface area contributed by atoms with Crippen LogP contribution in [-0.4, -0.2) is 7.11 Å². The summed E-state index contributed by atoms with van der Waals surface area (Å²) in [5, 5.41) is 9.98. The zero-order valence-electron chi connectivity index (χ0n) is 9.15. The minimum absolute atomic E-state index is 0.716. The van der Waals surface area contributed by atoms with Crippen LogP contribution in [0.2, 0.25) is 0 Å². The molecule has 3 heteroatoms. The molecule has 1 aromatic heterocycles. The van der Waals surface area contributed by atoms with Gasteiger partial charge in [0, 0.05) is 4.88 Å². The first-order valence-electron chi connectivity index (χ1n) is 4.90. The second kappa shape index (κ2) is 4.38. The van der Waals surface area contributed by atoms with E-state index in [1.807, 2.05) is 37.3 Å². The summed E-state index contributed by atoms with van der Waals surface area (Å²) in [5.41, 5.74) is 2.65. The standard InChI is InChI=1S/C13H11NOS/c1-9-11(8-14)12(13(15-2)16-9)10-6-4-3-5-7-10/h3-7H,1-2H3. The van der Waals surface area contributed by atoms with Gasteiger partial charge in [0.25, 0.3) is 0 Å². The molecular formula is C13H11NOS. The van der Waals surface area contributed by atoms with E-state index in [1.54, 1.807) is 7.11 Å².